The topological polar surface area (TPSA) is 169 Å². The summed E-state index contributed by atoms with van der Waals surface area (Å²) in [5.74, 6) is -0.990. The van der Waals surface area contributed by atoms with Gasteiger partial charge in [0, 0.05) is 57.8 Å². The van der Waals surface area contributed by atoms with E-state index in [4.69, 9.17) is 4.74 Å². The van der Waals surface area contributed by atoms with Crippen LogP contribution in [-0.2, 0) is 14.4 Å². The molecule has 0 aliphatic carbocycles. The molecule has 3 aliphatic rings. The maximum absolute atomic E-state index is 13.3. The molecule has 3 heterocycles. The number of aromatic hydroxyl groups is 2. The molecule has 3 aliphatic heterocycles. The molecule has 0 saturated carbocycles. The van der Waals surface area contributed by atoms with E-state index >= 15 is 0 Å². The second kappa shape index (κ2) is 17.8. The van der Waals surface area contributed by atoms with Gasteiger partial charge in [-0.05, 0) is 95.6 Å². The molecule has 1 atom stereocenters. The second-order valence-corrected chi connectivity index (χ2v) is 14.6. The second-order valence-electron chi connectivity index (χ2n) is 14.6. The molecule has 0 bridgehead atoms. The van der Waals surface area contributed by atoms with Crippen LogP contribution in [0.25, 0.3) is 11.1 Å². The summed E-state index contributed by atoms with van der Waals surface area (Å²) in [5, 5.41) is 25.2. The molecule has 300 valence electrons. The highest BCUT2D eigenvalue weighted by molar-refractivity contribution is 6.25. The van der Waals surface area contributed by atoms with Crippen molar-refractivity contribution in [3.8, 4) is 17.2 Å². The van der Waals surface area contributed by atoms with Crippen molar-refractivity contribution < 1.29 is 38.9 Å². The predicted octanol–water partition coefficient (Wildman–Crippen LogP) is 5.28. The first-order valence-electron chi connectivity index (χ1n) is 19.7. The molecule has 4 aromatic rings. The number of hydrogen-bond donors (Lipinski definition) is 4. The van der Waals surface area contributed by atoms with E-state index < -0.39 is 29.7 Å². The maximum Gasteiger partial charge on any atom is 0.264 e. The lowest BCUT2D eigenvalue weighted by Gasteiger charge is -2.34. The Labute approximate surface area is 336 Å². The van der Waals surface area contributed by atoms with Gasteiger partial charge in [-0.1, -0.05) is 49.4 Å². The highest BCUT2D eigenvalue weighted by Crippen LogP contribution is 2.36. The van der Waals surface area contributed by atoms with Crippen molar-refractivity contribution in [3.63, 3.8) is 0 Å². The van der Waals surface area contributed by atoms with E-state index in [1.54, 1.807) is 42.5 Å². The van der Waals surface area contributed by atoms with E-state index in [-0.39, 0.29) is 41.4 Å². The van der Waals surface area contributed by atoms with Crippen molar-refractivity contribution in [3.05, 3.63) is 119 Å². The van der Waals surface area contributed by atoms with Crippen molar-refractivity contribution in [2.75, 3.05) is 51.2 Å². The molecular formula is C45H47N5O8. The van der Waals surface area contributed by atoms with Crippen LogP contribution in [0.2, 0.25) is 0 Å². The summed E-state index contributed by atoms with van der Waals surface area (Å²) < 4.78 is 6.13. The Kier molecular flexibility index (Phi) is 12.2. The summed E-state index contributed by atoms with van der Waals surface area (Å²) in [6, 6.07) is 26.3. The molecule has 4 aromatic carbocycles. The van der Waals surface area contributed by atoms with Crippen molar-refractivity contribution in [1.29, 1.82) is 0 Å². The fraction of sp³-hybridized carbons (Fsp3) is 0.311. The number of carbonyl (C=O) groups excluding carboxylic acids is 5. The molecule has 2 fully saturated rings. The van der Waals surface area contributed by atoms with Gasteiger partial charge < -0.3 is 25.2 Å². The quantitative estimate of drug-likeness (QED) is 0.0750. The van der Waals surface area contributed by atoms with E-state index in [1.807, 2.05) is 53.4 Å². The number of imide groups is 2. The number of hydrogen-bond acceptors (Lipinski definition) is 10. The number of phenolic OH excluding ortho intramolecular Hbond substituents is 2. The fourth-order valence-corrected chi connectivity index (χ4v) is 7.85. The van der Waals surface area contributed by atoms with Crippen LogP contribution in [-0.4, -0.2) is 106 Å². The summed E-state index contributed by atoms with van der Waals surface area (Å²) in [5.41, 5.74) is 6.01. The number of anilines is 1. The summed E-state index contributed by atoms with van der Waals surface area (Å²) in [6.07, 6.45) is 1.75. The van der Waals surface area contributed by atoms with Gasteiger partial charge in [0.05, 0.1) is 11.1 Å². The number of piperazine rings is 1. The minimum atomic E-state index is -1.03. The lowest BCUT2D eigenvalue weighted by Crippen LogP contribution is -2.54. The number of nitrogens with zero attached hydrogens (tertiary/aromatic N) is 3. The van der Waals surface area contributed by atoms with E-state index in [9.17, 15) is 34.2 Å². The number of fused-ring (bicyclic) bond motifs is 1. The van der Waals surface area contributed by atoms with Crippen LogP contribution in [0.3, 0.4) is 0 Å². The smallest absolute Gasteiger partial charge is 0.264 e. The lowest BCUT2D eigenvalue weighted by atomic mass is 9.88. The zero-order chi connectivity index (χ0) is 40.8. The number of phenols is 2. The van der Waals surface area contributed by atoms with E-state index in [0.29, 0.717) is 44.8 Å². The Morgan fingerprint density at radius 1 is 0.810 bits per heavy atom. The summed E-state index contributed by atoms with van der Waals surface area (Å²) in [6.45, 7) is 6.43. The maximum atomic E-state index is 13.3. The van der Waals surface area contributed by atoms with Crippen LogP contribution in [0.15, 0.2) is 91.0 Å². The van der Waals surface area contributed by atoms with Gasteiger partial charge in [-0.3, -0.25) is 39.1 Å². The van der Waals surface area contributed by atoms with Crippen molar-refractivity contribution in [2.45, 2.75) is 45.1 Å². The molecule has 13 nitrogen and oxygen atoms in total. The monoisotopic (exact) mass is 785 g/mol. The zero-order valence-electron chi connectivity index (χ0n) is 32.4. The first kappa shape index (κ1) is 39.8. The zero-order valence-corrected chi connectivity index (χ0v) is 32.4. The molecule has 5 amide bonds. The van der Waals surface area contributed by atoms with Gasteiger partial charge in [0.2, 0.25) is 17.7 Å². The predicted molar refractivity (Wildman–Crippen MR) is 218 cm³/mol. The number of carbonyl (C=O) groups is 5. The highest BCUT2D eigenvalue weighted by Gasteiger charge is 2.45. The average Bonchev–Trinajstić information content (AvgIpc) is 3.49. The van der Waals surface area contributed by atoms with E-state index in [1.165, 1.54) is 0 Å². The molecule has 4 N–H and O–H groups in total. The van der Waals surface area contributed by atoms with E-state index in [2.05, 4.69) is 22.5 Å². The summed E-state index contributed by atoms with van der Waals surface area (Å²) >= 11 is 0. The number of nitrogens with one attached hydrogen (secondary N) is 2. The molecule has 13 heteroatoms. The number of benzene rings is 4. The highest BCUT2D eigenvalue weighted by atomic mass is 16.5. The van der Waals surface area contributed by atoms with Crippen molar-refractivity contribution in [1.82, 2.24) is 20.0 Å². The van der Waals surface area contributed by atoms with E-state index in [0.717, 1.165) is 64.5 Å². The Balaban J connectivity index is 0.861. The third-order valence-corrected chi connectivity index (χ3v) is 10.9. The minimum absolute atomic E-state index is 0.0527. The van der Waals surface area contributed by atoms with Gasteiger partial charge in [-0.15, -0.1) is 0 Å². The molecule has 58 heavy (non-hydrogen) atoms. The Hall–Kier alpha value is -6.47. The number of allylic oxidation sites excluding steroid dienone is 1. The first-order chi connectivity index (χ1) is 28.1. The van der Waals surface area contributed by atoms with Crippen molar-refractivity contribution in [2.24, 2.45) is 0 Å². The van der Waals surface area contributed by atoms with Crippen LogP contribution in [0.1, 0.15) is 76.4 Å². The van der Waals surface area contributed by atoms with Crippen LogP contribution in [0.4, 0.5) is 5.69 Å². The van der Waals surface area contributed by atoms with Gasteiger partial charge in [-0.2, -0.15) is 0 Å². The molecule has 0 radical (unpaired) electrons. The minimum Gasteiger partial charge on any atom is -0.508 e. The first-order valence-corrected chi connectivity index (χ1v) is 19.7. The van der Waals surface area contributed by atoms with Gasteiger partial charge >= 0.3 is 0 Å². The number of amides is 5. The van der Waals surface area contributed by atoms with Crippen LogP contribution in [0, 0.1) is 0 Å². The third kappa shape index (κ3) is 8.74. The van der Waals surface area contributed by atoms with Gasteiger partial charge in [-0.25, -0.2) is 0 Å². The Morgan fingerprint density at radius 2 is 1.45 bits per heavy atom. The van der Waals surface area contributed by atoms with Gasteiger partial charge in [0.15, 0.2) is 0 Å². The number of ether oxygens (including phenoxy) is 1. The summed E-state index contributed by atoms with van der Waals surface area (Å²) in [4.78, 5) is 68.7. The fourth-order valence-electron chi connectivity index (χ4n) is 7.85. The molecular weight excluding hydrogens is 739 g/mol. The molecule has 2 saturated heterocycles. The number of piperidine rings is 1. The van der Waals surface area contributed by atoms with Crippen LogP contribution in [0.5, 0.6) is 17.2 Å². The Bertz CT molecular complexity index is 2210. The average molecular weight is 786 g/mol. The lowest BCUT2D eigenvalue weighted by molar-refractivity contribution is -0.136. The van der Waals surface area contributed by atoms with Crippen LogP contribution < -0.4 is 15.4 Å². The van der Waals surface area contributed by atoms with Crippen LogP contribution >= 0.6 is 0 Å². The van der Waals surface area contributed by atoms with Gasteiger partial charge in [0.25, 0.3) is 11.8 Å². The molecule has 7 rings (SSSR count). The van der Waals surface area contributed by atoms with Gasteiger partial charge in [0.1, 0.15) is 29.9 Å². The molecule has 0 aromatic heterocycles. The standard InChI is InChI=1S/C45H47N5O8/c1-2-35(29-8-14-32(51)15-9-29)41(30-10-16-33(52)17-11-30)31-12-18-34(19-13-31)58-28-27-48-23-25-49(26-24-48)40(54)7-4-22-46-37-6-3-5-36-42(37)45(57)50(44(36)56)38-20-21-39(53)47-43(38)55/h3,5-6,8-19,38,46,51-52H,2,4,7,20-28H2,1H3,(H,47,53,55). The molecule has 0 spiro atoms. The third-order valence-electron chi connectivity index (χ3n) is 10.9. The molecule has 1 unspecified atom stereocenters. The Morgan fingerprint density at radius 3 is 2.09 bits per heavy atom. The van der Waals surface area contributed by atoms with Crippen molar-refractivity contribution >= 4 is 46.4 Å². The summed E-state index contributed by atoms with van der Waals surface area (Å²) in [7, 11) is 0. The number of rotatable bonds is 14. The normalized spacial score (nSPS) is 17.5. The SMILES string of the molecule is CCC(=C(c1ccc(O)cc1)c1ccc(OCCN2CCN(C(=O)CCCNc3cccc4c3C(=O)N(C3CCC(=O)NC3=O)C4=O)CC2)cc1)c1ccc(O)cc1. The largest absolute Gasteiger partial charge is 0.508 e.